The van der Waals surface area contributed by atoms with Crippen LogP contribution in [-0.4, -0.2) is 60.1 Å². The first-order valence-corrected chi connectivity index (χ1v) is 6.24. The van der Waals surface area contributed by atoms with Crippen LogP contribution in [-0.2, 0) is 4.79 Å². The van der Waals surface area contributed by atoms with E-state index in [0.717, 1.165) is 38.9 Å². The highest BCUT2D eigenvalue weighted by Gasteiger charge is 2.23. The standard InChI is InChI=1S/C12H24N2O2/c1-11-10-13(2)7-5-8-14(11)12(16)6-3-4-9-15/h11,15H,3-10H2,1-2H3. The van der Waals surface area contributed by atoms with Crippen molar-refractivity contribution in [2.75, 3.05) is 33.3 Å². The Morgan fingerprint density at radius 3 is 2.81 bits per heavy atom. The van der Waals surface area contributed by atoms with Crippen molar-refractivity contribution in [2.24, 2.45) is 0 Å². The predicted octanol–water partition coefficient (Wildman–Crippen LogP) is 0.702. The maximum atomic E-state index is 12.0. The quantitative estimate of drug-likeness (QED) is 0.720. The van der Waals surface area contributed by atoms with E-state index in [9.17, 15) is 4.79 Å². The van der Waals surface area contributed by atoms with E-state index in [1.54, 1.807) is 0 Å². The fourth-order valence-corrected chi connectivity index (χ4v) is 2.27. The monoisotopic (exact) mass is 228 g/mol. The fraction of sp³-hybridized carbons (Fsp3) is 0.917. The predicted molar refractivity (Wildman–Crippen MR) is 64.2 cm³/mol. The maximum absolute atomic E-state index is 12.0. The Morgan fingerprint density at radius 1 is 1.38 bits per heavy atom. The van der Waals surface area contributed by atoms with Gasteiger partial charge in [-0.25, -0.2) is 0 Å². The Bertz CT molecular complexity index is 221. The van der Waals surface area contributed by atoms with Gasteiger partial charge in [-0.15, -0.1) is 0 Å². The second kappa shape index (κ2) is 6.86. The summed E-state index contributed by atoms with van der Waals surface area (Å²) in [6.45, 7) is 5.22. The number of aliphatic hydroxyl groups is 1. The first-order chi connectivity index (χ1) is 7.65. The van der Waals surface area contributed by atoms with Crippen LogP contribution >= 0.6 is 0 Å². The lowest BCUT2D eigenvalue weighted by Crippen LogP contribution is -2.41. The zero-order valence-electron chi connectivity index (χ0n) is 10.5. The Balaban J connectivity index is 2.40. The molecule has 1 fully saturated rings. The molecule has 0 spiro atoms. The molecule has 0 aromatic rings. The molecule has 4 nitrogen and oxygen atoms in total. The Hall–Kier alpha value is -0.610. The van der Waals surface area contributed by atoms with E-state index in [2.05, 4.69) is 18.9 Å². The summed E-state index contributed by atoms with van der Waals surface area (Å²) in [6, 6.07) is 0.314. The molecule has 1 amide bonds. The van der Waals surface area contributed by atoms with Crippen molar-refractivity contribution < 1.29 is 9.90 Å². The van der Waals surface area contributed by atoms with Crippen molar-refractivity contribution in [1.82, 2.24) is 9.80 Å². The lowest BCUT2D eigenvalue weighted by Gasteiger charge is -2.28. The number of aliphatic hydroxyl groups excluding tert-OH is 1. The maximum Gasteiger partial charge on any atom is 0.222 e. The van der Waals surface area contributed by atoms with Crippen molar-refractivity contribution in [3.63, 3.8) is 0 Å². The van der Waals surface area contributed by atoms with Gasteiger partial charge in [0.15, 0.2) is 0 Å². The highest BCUT2D eigenvalue weighted by atomic mass is 16.3. The van der Waals surface area contributed by atoms with Crippen molar-refractivity contribution in [1.29, 1.82) is 0 Å². The van der Waals surface area contributed by atoms with Gasteiger partial charge in [-0.1, -0.05) is 0 Å². The molecule has 0 bridgehead atoms. The number of nitrogens with zero attached hydrogens (tertiary/aromatic N) is 2. The molecule has 1 rings (SSSR count). The number of hydrogen-bond acceptors (Lipinski definition) is 3. The molecule has 0 aromatic carbocycles. The minimum atomic E-state index is 0.186. The molecule has 1 N–H and O–H groups in total. The van der Waals surface area contributed by atoms with Gasteiger partial charge in [0.25, 0.3) is 0 Å². The molecule has 1 heterocycles. The highest BCUT2D eigenvalue weighted by Crippen LogP contribution is 2.11. The molecule has 0 aliphatic carbocycles. The number of rotatable bonds is 4. The second-order valence-corrected chi connectivity index (χ2v) is 4.73. The van der Waals surface area contributed by atoms with Gasteiger partial charge < -0.3 is 14.9 Å². The van der Waals surface area contributed by atoms with Crippen molar-refractivity contribution in [2.45, 2.75) is 38.6 Å². The van der Waals surface area contributed by atoms with Gasteiger partial charge in [-0.3, -0.25) is 4.79 Å². The van der Waals surface area contributed by atoms with Gasteiger partial charge in [0.2, 0.25) is 5.91 Å². The topological polar surface area (TPSA) is 43.8 Å². The first kappa shape index (κ1) is 13.5. The normalized spacial score (nSPS) is 23.2. The smallest absolute Gasteiger partial charge is 0.222 e. The van der Waals surface area contributed by atoms with E-state index in [-0.39, 0.29) is 12.5 Å². The summed E-state index contributed by atoms with van der Waals surface area (Å²) >= 11 is 0. The number of carbonyl (C=O) groups excluding carboxylic acids is 1. The molecule has 1 aliphatic heterocycles. The van der Waals surface area contributed by atoms with Gasteiger partial charge in [0.05, 0.1) is 0 Å². The minimum Gasteiger partial charge on any atom is -0.396 e. The summed E-state index contributed by atoms with van der Waals surface area (Å²) in [5.74, 6) is 0.247. The number of likely N-dealkylation sites (N-methyl/N-ethyl adjacent to an activating group) is 1. The highest BCUT2D eigenvalue weighted by molar-refractivity contribution is 5.76. The zero-order chi connectivity index (χ0) is 12.0. The number of carbonyl (C=O) groups is 1. The summed E-state index contributed by atoms with van der Waals surface area (Å²) < 4.78 is 0. The first-order valence-electron chi connectivity index (χ1n) is 6.24. The molecule has 16 heavy (non-hydrogen) atoms. The van der Waals surface area contributed by atoms with E-state index in [4.69, 9.17) is 5.11 Å². The molecule has 0 radical (unpaired) electrons. The molecule has 0 saturated carbocycles. The van der Waals surface area contributed by atoms with E-state index in [0.29, 0.717) is 12.5 Å². The molecule has 0 aromatic heterocycles. The largest absolute Gasteiger partial charge is 0.396 e. The van der Waals surface area contributed by atoms with Gasteiger partial charge in [-0.05, 0) is 39.8 Å². The van der Waals surface area contributed by atoms with Crippen LogP contribution in [0.5, 0.6) is 0 Å². The third-order valence-corrected chi connectivity index (χ3v) is 3.17. The third-order valence-electron chi connectivity index (χ3n) is 3.17. The van der Waals surface area contributed by atoms with Crippen LogP contribution in [0.2, 0.25) is 0 Å². The van der Waals surface area contributed by atoms with Gasteiger partial charge in [0.1, 0.15) is 0 Å². The molecule has 1 aliphatic rings. The molecule has 1 saturated heterocycles. The molecular weight excluding hydrogens is 204 g/mol. The summed E-state index contributed by atoms with van der Waals surface area (Å²) in [5, 5.41) is 8.69. The number of hydrogen-bond donors (Lipinski definition) is 1. The molecule has 1 unspecified atom stereocenters. The number of amides is 1. The fourth-order valence-electron chi connectivity index (χ4n) is 2.27. The van der Waals surface area contributed by atoms with Crippen LogP contribution in [0.1, 0.15) is 32.6 Å². The average molecular weight is 228 g/mol. The number of unbranched alkanes of at least 4 members (excludes halogenated alkanes) is 1. The van der Waals surface area contributed by atoms with E-state index in [1.807, 2.05) is 4.90 Å². The van der Waals surface area contributed by atoms with Gasteiger partial charge >= 0.3 is 0 Å². The second-order valence-electron chi connectivity index (χ2n) is 4.73. The zero-order valence-corrected chi connectivity index (χ0v) is 10.5. The van der Waals surface area contributed by atoms with Crippen molar-refractivity contribution in [3.05, 3.63) is 0 Å². The Labute approximate surface area is 98.2 Å². The lowest BCUT2D eigenvalue weighted by atomic mass is 10.2. The summed E-state index contributed by atoms with van der Waals surface area (Å²) in [7, 11) is 2.11. The average Bonchev–Trinajstić information content (AvgIpc) is 2.39. The van der Waals surface area contributed by atoms with Crippen LogP contribution in [0, 0.1) is 0 Å². The third kappa shape index (κ3) is 4.10. The van der Waals surface area contributed by atoms with Crippen LogP contribution in [0.4, 0.5) is 0 Å². The van der Waals surface area contributed by atoms with E-state index >= 15 is 0 Å². The molecule has 1 atom stereocenters. The Morgan fingerprint density at radius 2 is 2.12 bits per heavy atom. The van der Waals surface area contributed by atoms with Gasteiger partial charge in [-0.2, -0.15) is 0 Å². The van der Waals surface area contributed by atoms with Crippen molar-refractivity contribution >= 4 is 5.91 Å². The van der Waals surface area contributed by atoms with E-state index in [1.165, 1.54) is 0 Å². The van der Waals surface area contributed by atoms with Crippen LogP contribution in [0.3, 0.4) is 0 Å². The van der Waals surface area contributed by atoms with Crippen LogP contribution in [0.15, 0.2) is 0 Å². The van der Waals surface area contributed by atoms with E-state index < -0.39 is 0 Å². The molecule has 94 valence electrons. The van der Waals surface area contributed by atoms with Crippen LogP contribution in [0.25, 0.3) is 0 Å². The van der Waals surface area contributed by atoms with Crippen molar-refractivity contribution in [3.8, 4) is 0 Å². The SMILES string of the molecule is CC1CN(C)CCCN1C(=O)CCCCO. The van der Waals surface area contributed by atoms with Gasteiger partial charge in [0, 0.05) is 32.2 Å². The minimum absolute atomic E-state index is 0.186. The summed E-state index contributed by atoms with van der Waals surface area (Å²) in [4.78, 5) is 16.3. The lowest BCUT2D eigenvalue weighted by molar-refractivity contribution is -0.133. The molecular formula is C12H24N2O2. The molecule has 4 heteroatoms. The summed E-state index contributed by atoms with van der Waals surface area (Å²) in [6.07, 6.45) is 3.17. The summed E-state index contributed by atoms with van der Waals surface area (Å²) in [5.41, 5.74) is 0. The van der Waals surface area contributed by atoms with Crippen LogP contribution < -0.4 is 0 Å². The Kier molecular flexibility index (Phi) is 5.77.